The molecule has 0 N–H and O–H groups in total. The van der Waals surface area contributed by atoms with Crippen molar-refractivity contribution in [1.29, 1.82) is 0 Å². The molecule has 124 valence electrons. The summed E-state index contributed by atoms with van der Waals surface area (Å²) >= 11 is 6.08. The predicted octanol–water partition coefficient (Wildman–Crippen LogP) is 4.32. The predicted molar refractivity (Wildman–Crippen MR) is 97.2 cm³/mol. The lowest BCUT2D eigenvalue weighted by atomic mass is 9.93. The summed E-state index contributed by atoms with van der Waals surface area (Å²) in [5, 5.41) is 0.564. The van der Waals surface area contributed by atoms with Crippen LogP contribution in [0.25, 0.3) is 11.3 Å². The van der Waals surface area contributed by atoms with Crippen LogP contribution in [0, 0.1) is 0 Å². The monoisotopic (exact) mass is 360 g/mol. The fourth-order valence-corrected chi connectivity index (χ4v) is 3.37. The summed E-state index contributed by atoms with van der Waals surface area (Å²) in [6, 6.07) is 14.4. The first kappa shape index (κ1) is 16.9. The highest BCUT2D eigenvalue weighted by Gasteiger charge is 2.42. The Bertz CT molecular complexity index is 866. The Balaban J connectivity index is 2.16. The van der Waals surface area contributed by atoms with Crippen molar-refractivity contribution in [3.63, 3.8) is 0 Å². The first-order chi connectivity index (χ1) is 11.3. The summed E-state index contributed by atoms with van der Waals surface area (Å²) in [5.41, 5.74) is 1.10. The number of ether oxygens (including phenoxy) is 1. The minimum absolute atomic E-state index is 0.0806. The highest BCUT2D eigenvalue weighted by atomic mass is 35.5. The van der Waals surface area contributed by atoms with Gasteiger partial charge in [-0.3, -0.25) is 9.00 Å². The van der Waals surface area contributed by atoms with Crippen LogP contribution in [0.2, 0.25) is 5.02 Å². The van der Waals surface area contributed by atoms with Crippen molar-refractivity contribution >= 4 is 39.5 Å². The fourth-order valence-electron chi connectivity index (χ4n) is 2.66. The van der Waals surface area contributed by atoms with Crippen molar-refractivity contribution in [3.8, 4) is 0 Å². The zero-order valence-electron chi connectivity index (χ0n) is 13.6. The molecule has 1 aliphatic heterocycles. The molecule has 0 saturated heterocycles. The number of rotatable bonds is 3. The van der Waals surface area contributed by atoms with Crippen molar-refractivity contribution in [3.05, 3.63) is 64.7 Å². The SMILES string of the molecule is CS(=O)c1ccc(C2=C(c3cccc(Cl)c3)C(=O)C(C)(C)O2)cc1. The lowest BCUT2D eigenvalue weighted by Crippen LogP contribution is -2.29. The number of hydrogen-bond donors (Lipinski definition) is 0. The second-order valence-corrected chi connectivity index (χ2v) is 7.95. The van der Waals surface area contributed by atoms with Crippen LogP contribution in [0.1, 0.15) is 25.0 Å². The van der Waals surface area contributed by atoms with Crippen molar-refractivity contribution in [1.82, 2.24) is 0 Å². The average Bonchev–Trinajstić information content (AvgIpc) is 2.78. The van der Waals surface area contributed by atoms with Crippen molar-refractivity contribution in [2.24, 2.45) is 0 Å². The fraction of sp³-hybridized carbons (Fsp3) is 0.211. The third-order valence-electron chi connectivity index (χ3n) is 3.92. The maximum absolute atomic E-state index is 12.8. The summed E-state index contributed by atoms with van der Waals surface area (Å²) < 4.78 is 17.5. The zero-order valence-corrected chi connectivity index (χ0v) is 15.2. The van der Waals surface area contributed by atoms with Gasteiger partial charge in [-0.25, -0.2) is 0 Å². The molecule has 2 aromatic carbocycles. The second-order valence-electron chi connectivity index (χ2n) is 6.13. The highest BCUT2D eigenvalue weighted by Crippen LogP contribution is 2.41. The van der Waals surface area contributed by atoms with Crippen LogP contribution < -0.4 is 0 Å². The molecule has 0 bridgehead atoms. The van der Waals surface area contributed by atoms with E-state index in [1.165, 1.54) is 0 Å². The van der Waals surface area contributed by atoms with Gasteiger partial charge in [0.25, 0.3) is 0 Å². The number of hydrogen-bond acceptors (Lipinski definition) is 3. The number of ketones is 1. The minimum atomic E-state index is -1.05. The Hall–Kier alpha value is -1.91. The zero-order chi connectivity index (χ0) is 17.5. The van der Waals surface area contributed by atoms with E-state index in [2.05, 4.69) is 0 Å². The largest absolute Gasteiger partial charge is 0.478 e. The number of carbonyl (C=O) groups is 1. The molecule has 2 aromatic rings. The topological polar surface area (TPSA) is 43.4 Å². The van der Waals surface area contributed by atoms with Crippen LogP contribution in [0.3, 0.4) is 0 Å². The van der Waals surface area contributed by atoms with Gasteiger partial charge in [-0.1, -0.05) is 35.9 Å². The van der Waals surface area contributed by atoms with E-state index in [0.717, 1.165) is 16.0 Å². The standard InChI is InChI=1S/C19H17ClO3S/c1-19(2)18(21)16(13-5-4-6-14(20)11-13)17(23-19)12-7-9-15(10-8-12)24(3)22/h4-11H,1-3H3. The van der Waals surface area contributed by atoms with E-state index in [1.807, 2.05) is 24.3 Å². The van der Waals surface area contributed by atoms with Crippen molar-refractivity contribution in [2.75, 3.05) is 6.26 Å². The molecular weight excluding hydrogens is 344 g/mol. The average molecular weight is 361 g/mol. The smallest absolute Gasteiger partial charge is 0.210 e. The van der Waals surface area contributed by atoms with E-state index in [1.54, 1.807) is 44.4 Å². The minimum Gasteiger partial charge on any atom is -0.478 e. The van der Waals surface area contributed by atoms with Gasteiger partial charge in [0.2, 0.25) is 5.78 Å². The molecule has 0 amide bonds. The molecule has 0 aliphatic carbocycles. The van der Waals surface area contributed by atoms with Gasteiger partial charge >= 0.3 is 0 Å². The molecule has 1 unspecified atom stereocenters. The summed E-state index contributed by atoms with van der Waals surface area (Å²) in [7, 11) is -1.05. The molecule has 5 heteroatoms. The van der Waals surface area contributed by atoms with E-state index in [-0.39, 0.29) is 5.78 Å². The second kappa shape index (κ2) is 6.19. The molecule has 3 rings (SSSR count). The maximum Gasteiger partial charge on any atom is 0.210 e. The van der Waals surface area contributed by atoms with Crippen LogP contribution in [0.5, 0.6) is 0 Å². The van der Waals surface area contributed by atoms with E-state index in [4.69, 9.17) is 16.3 Å². The van der Waals surface area contributed by atoms with Gasteiger partial charge < -0.3 is 4.74 Å². The third-order valence-corrected chi connectivity index (χ3v) is 5.09. The summed E-state index contributed by atoms with van der Waals surface area (Å²) in [6.45, 7) is 3.50. The molecule has 24 heavy (non-hydrogen) atoms. The Morgan fingerprint density at radius 1 is 1.04 bits per heavy atom. The Labute approximate surface area is 148 Å². The molecule has 1 heterocycles. The van der Waals surface area contributed by atoms with Gasteiger partial charge in [-0.2, -0.15) is 0 Å². The molecule has 1 atom stereocenters. The lowest BCUT2D eigenvalue weighted by molar-refractivity contribution is -0.125. The number of Topliss-reactive ketones (excluding diaryl/α,β-unsaturated/α-hetero) is 1. The van der Waals surface area contributed by atoms with Gasteiger partial charge in [0, 0.05) is 32.5 Å². The molecule has 3 nitrogen and oxygen atoms in total. The van der Waals surface area contributed by atoms with Gasteiger partial charge in [0.15, 0.2) is 5.60 Å². The first-order valence-electron chi connectivity index (χ1n) is 7.47. The molecule has 0 radical (unpaired) electrons. The molecule has 0 aromatic heterocycles. The molecule has 1 aliphatic rings. The van der Waals surface area contributed by atoms with E-state index < -0.39 is 16.4 Å². The Morgan fingerprint density at radius 2 is 1.71 bits per heavy atom. The Kier molecular flexibility index (Phi) is 4.37. The van der Waals surface area contributed by atoms with Crippen LogP contribution in [0.15, 0.2) is 53.4 Å². The molecular formula is C19H17ClO3S. The van der Waals surface area contributed by atoms with Crippen LogP contribution in [-0.2, 0) is 20.3 Å². The number of halogens is 1. The van der Waals surface area contributed by atoms with Gasteiger partial charge in [-0.15, -0.1) is 0 Å². The highest BCUT2D eigenvalue weighted by molar-refractivity contribution is 7.84. The van der Waals surface area contributed by atoms with Crippen LogP contribution in [-0.4, -0.2) is 21.8 Å². The molecule has 0 spiro atoms. The first-order valence-corrected chi connectivity index (χ1v) is 9.41. The third kappa shape index (κ3) is 3.04. The van der Waals surface area contributed by atoms with Crippen molar-refractivity contribution in [2.45, 2.75) is 24.3 Å². The normalized spacial score (nSPS) is 17.8. The summed E-state index contributed by atoms with van der Waals surface area (Å²) in [6.07, 6.45) is 1.63. The Morgan fingerprint density at radius 3 is 2.29 bits per heavy atom. The van der Waals surface area contributed by atoms with E-state index >= 15 is 0 Å². The van der Waals surface area contributed by atoms with E-state index in [9.17, 15) is 9.00 Å². The summed E-state index contributed by atoms with van der Waals surface area (Å²) in [4.78, 5) is 13.6. The van der Waals surface area contributed by atoms with Crippen molar-refractivity contribution < 1.29 is 13.7 Å². The number of carbonyl (C=O) groups excluding carboxylic acids is 1. The molecule has 0 saturated carbocycles. The van der Waals surface area contributed by atoms with Crippen LogP contribution >= 0.6 is 11.6 Å². The van der Waals surface area contributed by atoms with Crippen LogP contribution in [0.4, 0.5) is 0 Å². The van der Waals surface area contributed by atoms with E-state index in [0.29, 0.717) is 16.4 Å². The quantitative estimate of drug-likeness (QED) is 0.818. The van der Waals surface area contributed by atoms with Gasteiger partial charge in [0.05, 0.1) is 5.57 Å². The van der Waals surface area contributed by atoms with Gasteiger partial charge in [-0.05, 0) is 43.7 Å². The van der Waals surface area contributed by atoms with Gasteiger partial charge in [0.1, 0.15) is 5.76 Å². The molecule has 0 fully saturated rings. The lowest BCUT2D eigenvalue weighted by Gasteiger charge is -2.17. The maximum atomic E-state index is 12.8. The summed E-state index contributed by atoms with van der Waals surface area (Å²) in [5.74, 6) is 0.448. The number of benzene rings is 2.